The van der Waals surface area contributed by atoms with Crippen molar-refractivity contribution in [1.29, 1.82) is 0 Å². The monoisotopic (exact) mass is 231 g/mol. The smallest absolute Gasteiger partial charge is 0.236 e. The van der Waals surface area contributed by atoms with Gasteiger partial charge in [-0.1, -0.05) is 15.9 Å². The molecule has 1 heterocycles. The minimum Gasteiger partial charge on any atom is -0.341 e. The lowest BCUT2D eigenvalue weighted by Crippen LogP contribution is -2.33. The summed E-state index contributed by atoms with van der Waals surface area (Å²) < 4.78 is 0. The molecule has 3 heteroatoms. The molecule has 68 valence electrons. The maximum absolute atomic E-state index is 11.5. The number of hydrogen-bond donors (Lipinski definition) is 0. The van der Waals surface area contributed by atoms with Crippen molar-refractivity contribution in [1.82, 2.24) is 4.90 Å². The molecule has 1 unspecified atom stereocenters. The van der Waals surface area contributed by atoms with E-state index < -0.39 is 0 Å². The van der Waals surface area contributed by atoms with Crippen LogP contribution in [0.5, 0.6) is 0 Å². The second-order valence-corrected chi connectivity index (χ2v) is 5.50. The van der Waals surface area contributed by atoms with E-state index in [1.807, 2.05) is 11.8 Å². The van der Waals surface area contributed by atoms with Crippen LogP contribution >= 0.6 is 15.9 Å². The number of rotatable bonds is 1. The summed E-state index contributed by atoms with van der Waals surface area (Å²) in [5, 5.41) is 0. The molecule has 1 spiro atoms. The molecular formula is C9H14BrNO. The van der Waals surface area contributed by atoms with E-state index in [9.17, 15) is 4.79 Å². The van der Waals surface area contributed by atoms with Crippen molar-refractivity contribution in [2.45, 2.75) is 31.0 Å². The van der Waals surface area contributed by atoms with Gasteiger partial charge in [0.1, 0.15) is 0 Å². The van der Waals surface area contributed by atoms with Gasteiger partial charge in [-0.15, -0.1) is 0 Å². The molecule has 2 rings (SSSR count). The Kier molecular flexibility index (Phi) is 1.94. The van der Waals surface area contributed by atoms with Crippen LogP contribution in [0.1, 0.15) is 26.2 Å². The Bertz CT molecular complexity index is 211. The summed E-state index contributed by atoms with van der Waals surface area (Å²) in [6, 6.07) is 0. The molecule has 1 atom stereocenters. The van der Waals surface area contributed by atoms with Crippen molar-refractivity contribution in [3.8, 4) is 0 Å². The van der Waals surface area contributed by atoms with Gasteiger partial charge in [-0.2, -0.15) is 0 Å². The van der Waals surface area contributed by atoms with E-state index >= 15 is 0 Å². The van der Waals surface area contributed by atoms with Crippen LogP contribution in [-0.2, 0) is 4.79 Å². The Morgan fingerprint density at radius 1 is 1.50 bits per heavy atom. The van der Waals surface area contributed by atoms with Gasteiger partial charge >= 0.3 is 0 Å². The summed E-state index contributed by atoms with van der Waals surface area (Å²) in [5.74, 6) is 0.263. The van der Waals surface area contributed by atoms with Crippen molar-refractivity contribution in [2.24, 2.45) is 5.41 Å². The highest BCUT2D eigenvalue weighted by atomic mass is 79.9. The lowest BCUT2D eigenvalue weighted by Gasteiger charge is -2.17. The maximum atomic E-state index is 11.5. The number of amides is 1. The van der Waals surface area contributed by atoms with E-state index in [0.717, 1.165) is 13.1 Å². The first-order valence-electron chi connectivity index (χ1n) is 4.56. The predicted molar refractivity (Wildman–Crippen MR) is 51.3 cm³/mol. The zero-order valence-corrected chi connectivity index (χ0v) is 8.93. The molecule has 1 aliphatic heterocycles. The molecule has 2 aliphatic rings. The summed E-state index contributed by atoms with van der Waals surface area (Å²) in [5.41, 5.74) is 0.567. The molecule has 2 nitrogen and oxygen atoms in total. The number of halogens is 1. The minimum absolute atomic E-state index is 0.00796. The molecular weight excluding hydrogens is 218 g/mol. The van der Waals surface area contributed by atoms with Crippen LogP contribution in [0.4, 0.5) is 0 Å². The Morgan fingerprint density at radius 3 is 2.58 bits per heavy atom. The Balaban J connectivity index is 1.94. The molecule has 2 fully saturated rings. The lowest BCUT2D eigenvalue weighted by atomic mass is 10.1. The Labute approximate surface area is 81.4 Å². The van der Waals surface area contributed by atoms with Gasteiger partial charge in [0.2, 0.25) is 5.91 Å². The highest BCUT2D eigenvalue weighted by Gasteiger charge is 2.48. The molecule has 0 aromatic heterocycles. The van der Waals surface area contributed by atoms with Gasteiger partial charge in [0.15, 0.2) is 0 Å². The average molecular weight is 232 g/mol. The number of hydrogen-bond acceptors (Lipinski definition) is 1. The van der Waals surface area contributed by atoms with Crippen molar-refractivity contribution in [2.75, 3.05) is 13.1 Å². The van der Waals surface area contributed by atoms with Crippen molar-refractivity contribution >= 4 is 21.8 Å². The molecule has 12 heavy (non-hydrogen) atoms. The second kappa shape index (κ2) is 2.72. The van der Waals surface area contributed by atoms with Crippen molar-refractivity contribution in [3.05, 3.63) is 0 Å². The van der Waals surface area contributed by atoms with Crippen LogP contribution in [-0.4, -0.2) is 28.7 Å². The summed E-state index contributed by atoms with van der Waals surface area (Å²) in [6.07, 6.45) is 3.92. The third-order valence-corrected chi connectivity index (χ3v) is 3.44. The molecule has 1 aliphatic carbocycles. The third-order valence-electron chi connectivity index (χ3n) is 3.05. The normalized spacial score (nSPS) is 27.7. The molecule has 0 aromatic rings. The number of carbonyl (C=O) groups is 1. The quantitative estimate of drug-likeness (QED) is 0.631. The van der Waals surface area contributed by atoms with Gasteiger partial charge in [-0.05, 0) is 31.6 Å². The fourth-order valence-electron chi connectivity index (χ4n) is 1.96. The summed E-state index contributed by atoms with van der Waals surface area (Å²) in [7, 11) is 0. The van der Waals surface area contributed by atoms with Crippen LogP contribution in [0.2, 0.25) is 0 Å². The molecule has 0 N–H and O–H groups in total. The first kappa shape index (κ1) is 8.54. The van der Waals surface area contributed by atoms with Gasteiger partial charge in [0, 0.05) is 13.1 Å². The van der Waals surface area contributed by atoms with Crippen LogP contribution in [0.15, 0.2) is 0 Å². The molecule has 0 aromatic carbocycles. The summed E-state index contributed by atoms with van der Waals surface area (Å²) >= 11 is 3.32. The molecule has 0 radical (unpaired) electrons. The zero-order chi connectivity index (χ0) is 8.77. The van der Waals surface area contributed by atoms with E-state index in [1.54, 1.807) is 0 Å². The number of nitrogens with zero attached hydrogens (tertiary/aromatic N) is 1. The van der Waals surface area contributed by atoms with Crippen LogP contribution in [0, 0.1) is 5.41 Å². The molecule has 1 amide bonds. The fraction of sp³-hybridized carbons (Fsp3) is 0.889. The first-order valence-corrected chi connectivity index (χ1v) is 5.47. The van der Waals surface area contributed by atoms with Gasteiger partial charge in [-0.25, -0.2) is 0 Å². The van der Waals surface area contributed by atoms with Crippen LogP contribution < -0.4 is 0 Å². The lowest BCUT2D eigenvalue weighted by molar-refractivity contribution is -0.129. The molecule has 1 saturated carbocycles. The fourth-order valence-corrected chi connectivity index (χ4v) is 2.25. The highest BCUT2D eigenvalue weighted by Crippen LogP contribution is 2.52. The van der Waals surface area contributed by atoms with E-state index in [-0.39, 0.29) is 10.7 Å². The van der Waals surface area contributed by atoms with Gasteiger partial charge in [0.05, 0.1) is 4.83 Å². The third kappa shape index (κ3) is 1.39. The van der Waals surface area contributed by atoms with Crippen LogP contribution in [0.3, 0.4) is 0 Å². The van der Waals surface area contributed by atoms with Crippen molar-refractivity contribution in [3.63, 3.8) is 0 Å². The largest absolute Gasteiger partial charge is 0.341 e. The van der Waals surface area contributed by atoms with Crippen LogP contribution in [0.25, 0.3) is 0 Å². The molecule has 0 bridgehead atoms. The van der Waals surface area contributed by atoms with E-state index in [1.165, 1.54) is 19.3 Å². The van der Waals surface area contributed by atoms with E-state index in [4.69, 9.17) is 0 Å². The summed E-state index contributed by atoms with van der Waals surface area (Å²) in [6.45, 7) is 3.90. The SMILES string of the molecule is CC(Br)C(=O)N1CCC2(CC2)C1. The maximum Gasteiger partial charge on any atom is 0.236 e. The Hall–Kier alpha value is -0.0500. The first-order chi connectivity index (χ1) is 5.63. The standard InChI is InChI=1S/C9H14BrNO/c1-7(10)8(12)11-5-4-9(6-11)2-3-9/h7H,2-6H2,1H3. The van der Waals surface area contributed by atoms with Gasteiger partial charge in [0.25, 0.3) is 0 Å². The minimum atomic E-state index is -0.00796. The topological polar surface area (TPSA) is 20.3 Å². The van der Waals surface area contributed by atoms with E-state index in [0.29, 0.717) is 5.41 Å². The number of carbonyl (C=O) groups excluding carboxylic acids is 1. The molecule has 1 saturated heterocycles. The zero-order valence-electron chi connectivity index (χ0n) is 7.35. The Morgan fingerprint density at radius 2 is 2.17 bits per heavy atom. The average Bonchev–Trinajstić information content (AvgIpc) is 2.61. The van der Waals surface area contributed by atoms with E-state index in [2.05, 4.69) is 15.9 Å². The van der Waals surface area contributed by atoms with Gasteiger partial charge < -0.3 is 4.90 Å². The number of likely N-dealkylation sites (tertiary alicyclic amines) is 1. The highest BCUT2D eigenvalue weighted by molar-refractivity contribution is 9.10. The predicted octanol–water partition coefficient (Wildman–Crippen LogP) is 1.78. The number of alkyl halides is 1. The van der Waals surface area contributed by atoms with Gasteiger partial charge in [-0.3, -0.25) is 4.79 Å². The van der Waals surface area contributed by atoms with Crippen molar-refractivity contribution < 1.29 is 4.79 Å². The second-order valence-electron chi connectivity index (χ2n) is 4.13. The summed E-state index contributed by atoms with van der Waals surface area (Å²) in [4.78, 5) is 13.5.